The highest BCUT2D eigenvalue weighted by atomic mass is 16.5. The summed E-state index contributed by atoms with van der Waals surface area (Å²) in [6, 6.07) is 0. The average Bonchev–Trinajstić information content (AvgIpc) is 2.15. The normalized spacial score (nSPS) is 10.4. The molecule has 0 aromatic rings. The lowest BCUT2D eigenvalue weighted by Gasteiger charge is -2.04. The molecule has 0 rings (SSSR count). The van der Waals surface area contributed by atoms with Gasteiger partial charge < -0.3 is 24.4 Å². The molecule has 0 saturated heterocycles. The molecule has 0 aliphatic heterocycles. The Morgan fingerprint density at radius 1 is 0.929 bits per heavy atom. The van der Waals surface area contributed by atoms with Gasteiger partial charge in [0.05, 0.1) is 39.6 Å². The molecule has 0 saturated carbocycles. The van der Waals surface area contributed by atoms with Crippen LogP contribution in [-0.2, 0) is 19.0 Å². The fraction of sp³-hybridized carbons (Fsp3) is 0.875. The van der Waals surface area contributed by atoms with Gasteiger partial charge in [-0.2, -0.15) is 0 Å². The number of hydrogen-bond donors (Lipinski definition) is 2. The first-order chi connectivity index (χ1) is 6.77. The van der Waals surface area contributed by atoms with E-state index < -0.39 is 5.97 Å². The largest absolute Gasteiger partial charge is 0.480 e. The summed E-state index contributed by atoms with van der Waals surface area (Å²) in [4.78, 5) is 10.00. The molecule has 0 aliphatic carbocycles. The molecular formula is C8H16O6. The second-order valence-electron chi connectivity index (χ2n) is 2.39. The predicted molar refractivity (Wildman–Crippen MR) is 47.2 cm³/mol. The Morgan fingerprint density at radius 3 is 1.93 bits per heavy atom. The second-order valence-corrected chi connectivity index (χ2v) is 2.39. The SMILES string of the molecule is O=C(O)COCCOCCOCCO. The number of rotatable bonds is 10. The molecule has 0 bridgehead atoms. The summed E-state index contributed by atoms with van der Waals surface area (Å²) in [5.41, 5.74) is 0. The Balaban J connectivity index is 2.88. The Kier molecular flexibility index (Phi) is 9.88. The maximum atomic E-state index is 10.00. The van der Waals surface area contributed by atoms with Crippen LogP contribution in [0.2, 0.25) is 0 Å². The van der Waals surface area contributed by atoms with Gasteiger partial charge in [-0.05, 0) is 0 Å². The van der Waals surface area contributed by atoms with E-state index >= 15 is 0 Å². The summed E-state index contributed by atoms with van der Waals surface area (Å²) in [5.74, 6) is -0.990. The molecule has 0 heterocycles. The highest BCUT2D eigenvalue weighted by molar-refractivity contribution is 5.67. The van der Waals surface area contributed by atoms with Crippen LogP contribution in [-0.4, -0.2) is 62.4 Å². The summed E-state index contributed by atoms with van der Waals surface area (Å²) in [7, 11) is 0. The standard InChI is InChI=1S/C8H16O6/c9-1-2-12-3-4-13-5-6-14-7-8(10)11/h9H,1-7H2,(H,10,11). The summed E-state index contributed by atoms with van der Waals surface area (Å²) < 4.78 is 14.7. The van der Waals surface area contributed by atoms with E-state index in [0.29, 0.717) is 26.4 Å². The van der Waals surface area contributed by atoms with E-state index in [9.17, 15) is 4.79 Å². The van der Waals surface area contributed by atoms with Gasteiger partial charge >= 0.3 is 5.97 Å². The third-order valence-corrected chi connectivity index (χ3v) is 1.21. The Bertz CT molecular complexity index is 138. The van der Waals surface area contributed by atoms with Crippen LogP contribution in [0.4, 0.5) is 0 Å². The number of hydrogen-bond acceptors (Lipinski definition) is 5. The molecular weight excluding hydrogens is 192 g/mol. The van der Waals surface area contributed by atoms with Crippen LogP contribution in [0, 0.1) is 0 Å². The maximum Gasteiger partial charge on any atom is 0.329 e. The Labute approximate surface area is 82.4 Å². The van der Waals surface area contributed by atoms with Crippen molar-refractivity contribution in [2.75, 3.05) is 46.2 Å². The number of carboxylic acid groups (broad SMARTS) is 1. The van der Waals surface area contributed by atoms with Gasteiger partial charge in [0.1, 0.15) is 6.61 Å². The molecule has 0 aromatic heterocycles. The summed E-state index contributed by atoms with van der Waals surface area (Å²) in [5, 5.41) is 16.6. The van der Waals surface area contributed by atoms with Gasteiger partial charge in [-0.1, -0.05) is 0 Å². The monoisotopic (exact) mass is 208 g/mol. The zero-order chi connectivity index (χ0) is 10.6. The lowest BCUT2D eigenvalue weighted by Crippen LogP contribution is -2.13. The molecule has 0 fully saturated rings. The van der Waals surface area contributed by atoms with Gasteiger partial charge in [-0.3, -0.25) is 0 Å². The van der Waals surface area contributed by atoms with E-state index in [0.717, 1.165) is 0 Å². The zero-order valence-electron chi connectivity index (χ0n) is 7.98. The molecule has 0 radical (unpaired) electrons. The molecule has 14 heavy (non-hydrogen) atoms. The van der Waals surface area contributed by atoms with E-state index in [1.54, 1.807) is 0 Å². The Morgan fingerprint density at radius 2 is 1.43 bits per heavy atom. The number of aliphatic hydroxyl groups excluding tert-OH is 1. The van der Waals surface area contributed by atoms with Crippen LogP contribution < -0.4 is 0 Å². The van der Waals surface area contributed by atoms with E-state index in [1.807, 2.05) is 0 Å². The van der Waals surface area contributed by atoms with E-state index in [4.69, 9.17) is 24.4 Å². The Hall–Kier alpha value is -0.690. The van der Waals surface area contributed by atoms with E-state index in [1.165, 1.54) is 0 Å². The van der Waals surface area contributed by atoms with Gasteiger partial charge in [0.25, 0.3) is 0 Å². The van der Waals surface area contributed by atoms with Crippen LogP contribution >= 0.6 is 0 Å². The lowest BCUT2D eigenvalue weighted by atomic mass is 10.7. The highest BCUT2D eigenvalue weighted by Crippen LogP contribution is 1.80. The molecule has 84 valence electrons. The topological polar surface area (TPSA) is 85.2 Å². The van der Waals surface area contributed by atoms with Crippen molar-refractivity contribution in [2.45, 2.75) is 0 Å². The van der Waals surface area contributed by atoms with Gasteiger partial charge in [0.15, 0.2) is 0 Å². The van der Waals surface area contributed by atoms with Gasteiger partial charge in [-0.25, -0.2) is 4.79 Å². The average molecular weight is 208 g/mol. The second kappa shape index (κ2) is 10.4. The number of aliphatic hydroxyl groups is 1. The number of carboxylic acids is 1. The van der Waals surface area contributed by atoms with E-state index in [2.05, 4.69) is 0 Å². The first-order valence-electron chi connectivity index (χ1n) is 4.33. The van der Waals surface area contributed by atoms with Crippen molar-refractivity contribution in [3.8, 4) is 0 Å². The van der Waals surface area contributed by atoms with Crippen molar-refractivity contribution in [3.05, 3.63) is 0 Å². The number of ether oxygens (including phenoxy) is 3. The summed E-state index contributed by atoms with van der Waals surface area (Å²) in [6.07, 6.45) is 0. The van der Waals surface area contributed by atoms with E-state index in [-0.39, 0.29) is 19.8 Å². The van der Waals surface area contributed by atoms with Crippen molar-refractivity contribution in [3.63, 3.8) is 0 Å². The highest BCUT2D eigenvalue weighted by Gasteiger charge is 1.95. The molecule has 0 spiro atoms. The van der Waals surface area contributed by atoms with Gasteiger partial charge in [0, 0.05) is 0 Å². The minimum absolute atomic E-state index is 0.00171. The fourth-order valence-electron chi connectivity index (χ4n) is 0.664. The van der Waals surface area contributed by atoms with Crippen LogP contribution in [0.1, 0.15) is 0 Å². The van der Waals surface area contributed by atoms with Gasteiger partial charge in [0.2, 0.25) is 0 Å². The molecule has 6 heteroatoms. The predicted octanol–water partition coefficient (Wildman–Crippen LogP) is -0.887. The van der Waals surface area contributed by atoms with Crippen molar-refractivity contribution in [1.29, 1.82) is 0 Å². The van der Waals surface area contributed by atoms with Crippen LogP contribution in [0.15, 0.2) is 0 Å². The van der Waals surface area contributed by atoms with Gasteiger partial charge in [-0.15, -0.1) is 0 Å². The molecule has 0 aliphatic rings. The minimum Gasteiger partial charge on any atom is -0.480 e. The number of aliphatic carboxylic acids is 1. The maximum absolute atomic E-state index is 10.00. The third kappa shape index (κ3) is 11.3. The van der Waals surface area contributed by atoms with Crippen molar-refractivity contribution < 1.29 is 29.2 Å². The zero-order valence-corrected chi connectivity index (χ0v) is 7.98. The van der Waals surface area contributed by atoms with Crippen molar-refractivity contribution in [1.82, 2.24) is 0 Å². The number of carbonyl (C=O) groups is 1. The van der Waals surface area contributed by atoms with Crippen LogP contribution in [0.5, 0.6) is 0 Å². The third-order valence-electron chi connectivity index (χ3n) is 1.21. The first-order valence-corrected chi connectivity index (χ1v) is 4.33. The fourth-order valence-corrected chi connectivity index (χ4v) is 0.664. The smallest absolute Gasteiger partial charge is 0.329 e. The van der Waals surface area contributed by atoms with Crippen LogP contribution in [0.3, 0.4) is 0 Å². The molecule has 0 aromatic carbocycles. The molecule has 0 amide bonds. The van der Waals surface area contributed by atoms with Crippen molar-refractivity contribution in [2.24, 2.45) is 0 Å². The first kappa shape index (κ1) is 13.3. The lowest BCUT2D eigenvalue weighted by molar-refractivity contribution is -0.142. The quantitative estimate of drug-likeness (QED) is 0.453. The molecule has 6 nitrogen and oxygen atoms in total. The molecule has 0 unspecified atom stereocenters. The molecule has 2 N–H and O–H groups in total. The minimum atomic E-state index is -0.990. The van der Waals surface area contributed by atoms with Crippen molar-refractivity contribution >= 4 is 5.97 Å². The summed E-state index contributed by atoms with van der Waals surface area (Å²) >= 11 is 0. The van der Waals surface area contributed by atoms with Crippen LogP contribution in [0.25, 0.3) is 0 Å². The molecule has 0 atom stereocenters. The summed E-state index contributed by atoms with van der Waals surface area (Å²) in [6.45, 7) is 1.43.